The molecule has 3 atom stereocenters. The summed E-state index contributed by atoms with van der Waals surface area (Å²) in [5.74, 6) is -0.491. The number of nitrogens with zero attached hydrogens (tertiary/aromatic N) is 4. The lowest BCUT2D eigenvalue weighted by Crippen LogP contribution is -2.57. The van der Waals surface area contributed by atoms with Crippen LogP contribution in [0.3, 0.4) is 0 Å². The molecule has 1 saturated carbocycles. The molecule has 2 fully saturated rings. The molecule has 212 valence electrons. The van der Waals surface area contributed by atoms with Gasteiger partial charge in [-0.2, -0.15) is 13.2 Å². The molecule has 0 radical (unpaired) electrons. The lowest BCUT2D eigenvalue weighted by atomic mass is 9.79. The van der Waals surface area contributed by atoms with Crippen molar-refractivity contribution in [3.63, 3.8) is 0 Å². The van der Waals surface area contributed by atoms with Gasteiger partial charge in [-0.25, -0.2) is 9.78 Å². The van der Waals surface area contributed by atoms with Crippen LogP contribution in [-0.2, 0) is 6.42 Å². The number of halogens is 3. The van der Waals surface area contributed by atoms with Crippen LogP contribution in [0.5, 0.6) is 0 Å². The minimum atomic E-state index is -4.87. The van der Waals surface area contributed by atoms with Gasteiger partial charge >= 0.3 is 12.3 Å². The van der Waals surface area contributed by atoms with E-state index in [4.69, 9.17) is 0 Å². The Morgan fingerprint density at radius 3 is 2.33 bits per heavy atom. The monoisotopic (exact) mass is 556 g/mol. The molecular formula is C29H31F3N4O4. The number of rotatable bonds is 5. The third-order valence-electron chi connectivity index (χ3n) is 8.04. The van der Waals surface area contributed by atoms with E-state index in [2.05, 4.69) is 4.98 Å². The highest BCUT2D eigenvalue weighted by molar-refractivity contribution is 5.98. The molecule has 2 N–H and O–H groups in total. The van der Waals surface area contributed by atoms with Gasteiger partial charge in [0.25, 0.3) is 5.91 Å². The second-order valence-electron chi connectivity index (χ2n) is 10.5. The van der Waals surface area contributed by atoms with Crippen molar-refractivity contribution in [3.05, 3.63) is 78.2 Å². The zero-order valence-corrected chi connectivity index (χ0v) is 21.8. The lowest BCUT2D eigenvalue weighted by Gasteiger charge is -2.42. The van der Waals surface area contributed by atoms with Crippen LogP contribution in [0.1, 0.15) is 47.8 Å². The molecule has 5 rings (SSSR count). The fraction of sp³-hybridized carbons (Fsp3) is 0.414. The van der Waals surface area contributed by atoms with Crippen LogP contribution in [0.4, 0.5) is 18.0 Å². The van der Waals surface area contributed by atoms with E-state index in [-0.39, 0.29) is 43.9 Å². The molecule has 2 unspecified atom stereocenters. The van der Waals surface area contributed by atoms with E-state index < -0.39 is 42.3 Å². The molecule has 0 spiro atoms. The smallest absolute Gasteiger partial charge is 0.419 e. The SMILES string of the molecule is O=C(O)N1CCN(C(=O)c2ncn(C3CCCCC3(O)C(F)(F)F)c2-c2ccccc2)[C@H](Cc2ccccc2)C1. The van der Waals surface area contributed by atoms with E-state index in [0.29, 0.717) is 18.4 Å². The van der Waals surface area contributed by atoms with Crippen molar-refractivity contribution in [3.8, 4) is 11.3 Å². The molecule has 2 amide bonds. The number of carbonyl (C=O) groups is 2. The summed E-state index contributed by atoms with van der Waals surface area (Å²) < 4.78 is 43.9. The van der Waals surface area contributed by atoms with E-state index >= 15 is 0 Å². The van der Waals surface area contributed by atoms with Gasteiger partial charge in [-0.3, -0.25) is 4.79 Å². The maximum Gasteiger partial charge on any atom is 0.419 e. The van der Waals surface area contributed by atoms with Crippen molar-refractivity contribution in [2.75, 3.05) is 19.6 Å². The van der Waals surface area contributed by atoms with Gasteiger partial charge in [0.05, 0.1) is 24.1 Å². The summed E-state index contributed by atoms with van der Waals surface area (Å²) in [5.41, 5.74) is -1.35. The molecular weight excluding hydrogens is 525 g/mol. The summed E-state index contributed by atoms with van der Waals surface area (Å²) in [7, 11) is 0. The molecule has 1 aromatic heterocycles. The number of hydrogen-bond donors (Lipinski definition) is 2. The highest BCUT2D eigenvalue weighted by Gasteiger charge is 2.60. The first-order valence-electron chi connectivity index (χ1n) is 13.3. The van der Waals surface area contributed by atoms with Gasteiger partial charge in [-0.1, -0.05) is 73.5 Å². The van der Waals surface area contributed by atoms with Gasteiger partial charge in [0.1, 0.15) is 0 Å². The Kier molecular flexibility index (Phi) is 7.59. The third kappa shape index (κ3) is 5.17. The average molecular weight is 557 g/mol. The number of aromatic nitrogens is 2. The Bertz CT molecular complexity index is 1350. The highest BCUT2D eigenvalue weighted by Crippen LogP contribution is 2.49. The van der Waals surface area contributed by atoms with Crippen molar-refractivity contribution >= 4 is 12.0 Å². The van der Waals surface area contributed by atoms with Gasteiger partial charge in [-0.15, -0.1) is 0 Å². The summed E-state index contributed by atoms with van der Waals surface area (Å²) in [4.78, 5) is 33.1. The average Bonchev–Trinajstić information content (AvgIpc) is 3.38. The van der Waals surface area contributed by atoms with Crippen LogP contribution >= 0.6 is 0 Å². The molecule has 3 aromatic rings. The quantitative estimate of drug-likeness (QED) is 0.461. The first kappa shape index (κ1) is 27.7. The molecule has 2 heterocycles. The van der Waals surface area contributed by atoms with E-state index in [1.807, 2.05) is 30.3 Å². The molecule has 2 aromatic carbocycles. The van der Waals surface area contributed by atoms with Crippen molar-refractivity contribution in [1.82, 2.24) is 19.4 Å². The molecule has 1 saturated heterocycles. The van der Waals surface area contributed by atoms with Gasteiger partial charge in [0.2, 0.25) is 0 Å². The van der Waals surface area contributed by atoms with Crippen molar-refractivity contribution < 1.29 is 33.0 Å². The Morgan fingerprint density at radius 1 is 1.00 bits per heavy atom. The van der Waals surface area contributed by atoms with Crippen molar-refractivity contribution in [2.24, 2.45) is 0 Å². The van der Waals surface area contributed by atoms with Crippen LogP contribution in [0, 0.1) is 0 Å². The summed E-state index contributed by atoms with van der Waals surface area (Å²) in [5, 5.41) is 20.6. The maximum atomic E-state index is 14.2. The topological polar surface area (TPSA) is 98.9 Å². The second-order valence-corrected chi connectivity index (χ2v) is 10.5. The number of aliphatic hydroxyl groups is 1. The summed E-state index contributed by atoms with van der Waals surface area (Å²) in [6.45, 7) is 0.303. The van der Waals surface area contributed by atoms with Gasteiger partial charge in [0.15, 0.2) is 11.3 Å². The number of imidazole rings is 1. The highest BCUT2D eigenvalue weighted by atomic mass is 19.4. The largest absolute Gasteiger partial charge is 0.465 e. The van der Waals surface area contributed by atoms with E-state index in [9.17, 15) is 33.0 Å². The maximum absolute atomic E-state index is 14.2. The van der Waals surface area contributed by atoms with Crippen LogP contribution < -0.4 is 0 Å². The predicted octanol–water partition coefficient (Wildman–Crippen LogP) is 5.01. The number of carbonyl (C=O) groups excluding carboxylic acids is 1. The molecule has 2 aliphatic rings. The van der Waals surface area contributed by atoms with E-state index in [1.165, 1.54) is 15.8 Å². The zero-order chi connectivity index (χ0) is 28.5. The first-order chi connectivity index (χ1) is 19.1. The van der Waals surface area contributed by atoms with Gasteiger partial charge in [0, 0.05) is 25.2 Å². The minimum absolute atomic E-state index is 0.0249. The van der Waals surface area contributed by atoms with Crippen molar-refractivity contribution in [2.45, 2.75) is 56.0 Å². The summed E-state index contributed by atoms with van der Waals surface area (Å²) in [6.07, 6.45) is -3.95. The van der Waals surface area contributed by atoms with Crippen LogP contribution in [-0.4, -0.2) is 79.0 Å². The molecule has 8 nitrogen and oxygen atoms in total. The summed E-state index contributed by atoms with van der Waals surface area (Å²) in [6, 6.07) is 16.1. The van der Waals surface area contributed by atoms with Gasteiger partial charge in [-0.05, 0) is 24.8 Å². The minimum Gasteiger partial charge on any atom is -0.465 e. The second kappa shape index (κ2) is 11.0. The molecule has 11 heteroatoms. The number of hydrogen-bond acceptors (Lipinski definition) is 4. The summed E-state index contributed by atoms with van der Waals surface area (Å²) >= 11 is 0. The molecule has 1 aliphatic carbocycles. The van der Waals surface area contributed by atoms with Crippen LogP contribution in [0.15, 0.2) is 67.0 Å². The normalized spacial score (nSPS) is 23.7. The van der Waals surface area contributed by atoms with Gasteiger partial charge < -0.3 is 24.6 Å². The standard InChI is InChI=1S/C29H31F3N4O4/c30-29(31,32)28(40)14-8-7-13-23(28)36-19-33-24(25(36)21-11-5-2-6-12-21)26(37)35-16-15-34(27(38)39)18-22(35)17-20-9-3-1-4-10-20/h1-6,9-12,19,22-23,40H,7-8,13-18H2,(H,38,39)/t22-,23?,28?/m1/s1. The Hall–Kier alpha value is -3.86. The Labute approximate surface area is 229 Å². The number of benzene rings is 2. The molecule has 1 aliphatic heterocycles. The number of carboxylic acid groups (broad SMARTS) is 1. The molecule has 0 bridgehead atoms. The number of piperazine rings is 1. The Morgan fingerprint density at radius 2 is 1.68 bits per heavy atom. The first-order valence-corrected chi connectivity index (χ1v) is 13.3. The fourth-order valence-corrected chi connectivity index (χ4v) is 5.97. The predicted molar refractivity (Wildman–Crippen MR) is 141 cm³/mol. The number of amides is 2. The van der Waals surface area contributed by atoms with Crippen LogP contribution in [0.25, 0.3) is 11.3 Å². The molecule has 40 heavy (non-hydrogen) atoms. The van der Waals surface area contributed by atoms with E-state index in [0.717, 1.165) is 5.56 Å². The third-order valence-corrected chi connectivity index (χ3v) is 8.04. The van der Waals surface area contributed by atoms with E-state index in [1.54, 1.807) is 35.2 Å². The van der Waals surface area contributed by atoms with Crippen molar-refractivity contribution in [1.29, 1.82) is 0 Å². The Balaban J connectivity index is 1.57. The number of alkyl halides is 3. The fourth-order valence-electron chi connectivity index (χ4n) is 5.97. The van der Waals surface area contributed by atoms with Crippen LogP contribution in [0.2, 0.25) is 0 Å². The lowest BCUT2D eigenvalue weighted by molar-refractivity contribution is -0.284. The zero-order valence-electron chi connectivity index (χ0n) is 21.8.